The van der Waals surface area contributed by atoms with Gasteiger partial charge in [0, 0.05) is 13.2 Å². The zero-order valence-corrected chi connectivity index (χ0v) is 11.5. The first kappa shape index (κ1) is 13.4. The summed E-state index contributed by atoms with van der Waals surface area (Å²) in [6.45, 7) is 0. The van der Waals surface area contributed by atoms with Crippen LogP contribution in [0, 0.1) is 0 Å². The number of amides is 1. The summed E-state index contributed by atoms with van der Waals surface area (Å²) in [5, 5.41) is 7.12. The van der Waals surface area contributed by atoms with E-state index in [1.807, 2.05) is 0 Å². The second kappa shape index (κ2) is 5.33. The second-order valence-corrected chi connectivity index (χ2v) is 4.59. The zero-order chi connectivity index (χ0) is 14.0. The van der Waals surface area contributed by atoms with Gasteiger partial charge in [-0.1, -0.05) is 23.8 Å². The summed E-state index contributed by atoms with van der Waals surface area (Å²) >= 11 is 10.6. The van der Waals surface area contributed by atoms with Gasteiger partial charge in [0.05, 0.1) is 16.8 Å². The third kappa shape index (κ3) is 2.88. The van der Waals surface area contributed by atoms with Gasteiger partial charge in [0.15, 0.2) is 0 Å². The van der Waals surface area contributed by atoms with E-state index >= 15 is 0 Å². The number of nitrogens with zero attached hydrogens (tertiary/aromatic N) is 3. The Balaban J connectivity index is 2.26. The first-order chi connectivity index (χ1) is 8.99. The van der Waals surface area contributed by atoms with E-state index in [2.05, 4.69) is 15.4 Å². The van der Waals surface area contributed by atoms with Crippen LogP contribution in [0.15, 0.2) is 24.5 Å². The molecule has 98 valence electrons. The van der Waals surface area contributed by atoms with Crippen LogP contribution in [-0.4, -0.2) is 25.7 Å². The standard InChI is InChI=1S/C11H10ClN5OS/c1-17-10(7(5-15-17)9(13)19)16-11(18)8-3-2-6(12)4-14-8/h2-5H,1H3,(H2,13,19)(H,16,18). The van der Waals surface area contributed by atoms with E-state index in [1.54, 1.807) is 13.1 Å². The molecule has 1 amide bonds. The predicted octanol–water partition coefficient (Wildman–Crippen LogP) is 1.35. The normalized spacial score (nSPS) is 10.2. The van der Waals surface area contributed by atoms with E-state index < -0.39 is 5.91 Å². The van der Waals surface area contributed by atoms with Crippen LogP contribution in [-0.2, 0) is 7.05 Å². The molecule has 0 aliphatic heterocycles. The molecule has 19 heavy (non-hydrogen) atoms. The molecule has 0 fully saturated rings. The van der Waals surface area contributed by atoms with Crippen molar-refractivity contribution in [3.8, 4) is 0 Å². The van der Waals surface area contributed by atoms with E-state index in [1.165, 1.54) is 23.1 Å². The molecule has 2 aromatic rings. The van der Waals surface area contributed by atoms with Crippen LogP contribution in [0.5, 0.6) is 0 Å². The lowest BCUT2D eigenvalue weighted by atomic mass is 10.3. The molecule has 2 aromatic heterocycles. The lowest BCUT2D eigenvalue weighted by Crippen LogP contribution is -2.19. The molecule has 3 N–H and O–H groups in total. The summed E-state index contributed by atoms with van der Waals surface area (Å²) in [7, 11) is 1.67. The van der Waals surface area contributed by atoms with E-state index in [-0.39, 0.29) is 10.7 Å². The summed E-state index contributed by atoms with van der Waals surface area (Å²) in [6.07, 6.45) is 2.89. The number of aryl methyl sites for hydroxylation is 1. The van der Waals surface area contributed by atoms with Crippen LogP contribution in [0.4, 0.5) is 5.82 Å². The minimum atomic E-state index is -0.391. The summed E-state index contributed by atoms with van der Waals surface area (Å²) in [5.74, 6) is 0.0343. The molecule has 0 radical (unpaired) electrons. The quantitative estimate of drug-likeness (QED) is 0.835. The number of halogens is 1. The van der Waals surface area contributed by atoms with Crippen molar-refractivity contribution in [2.75, 3.05) is 5.32 Å². The SMILES string of the molecule is Cn1ncc(C(N)=S)c1NC(=O)c1ccc(Cl)cn1. The van der Waals surface area contributed by atoms with Crippen LogP contribution < -0.4 is 11.1 Å². The first-order valence-electron chi connectivity index (χ1n) is 5.23. The number of hydrogen-bond acceptors (Lipinski definition) is 4. The minimum Gasteiger partial charge on any atom is -0.389 e. The fourth-order valence-electron chi connectivity index (χ4n) is 1.45. The topological polar surface area (TPSA) is 85.8 Å². The zero-order valence-electron chi connectivity index (χ0n) is 9.92. The molecule has 8 heteroatoms. The molecule has 2 rings (SSSR count). The first-order valence-corrected chi connectivity index (χ1v) is 6.02. The highest BCUT2D eigenvalue weighted by Crippen LogP contribution is 2.15. The van der Waals surface area contributed by atoms with Crippen LogP contribution in [0.25, 0.3) is 0 Å². The molecular formula is C11H10ClN5OS. The number of anilines is 1. The van der Waals surface area contributed by atoms with Crippen molar-refractivity contribution in [2.45, 2.75) is 0 Å². The third-order valence-corrected chi connectivity index (χ3v) is 2.84. The fraction of sp³-hybridized carbons (Fsp3) is 0.0909. The van der Waals surface area contributed by atoms with Crippen molar-refractivity contribution in [2.24, 2.45) is 12.8 Å². The number of rotatable bonds is 3. The molecule has 0 atom stereocenters. The Kier molecular flexibility index (Phi) is 3.77. The van der Waals surface area contributed by atoms with Crippen molar-refractivity contribution < 1.29 is 4.79 Å². The molecule has 0 aromatic carbocycles. The fourth-order valence-corrected chi connectivity index (χ4v) is 1.71. The molecule has 2 heterocycles. The Morgan fingerprint density at radius 1 is 1.47 bits per heavy atom. The average molecular weight is 296 g/mol. The molecule has 0 spiro atoms. The van der Waals surface area contributed by atoms with Crippen LogP contribution >= 0.6 is 23.8 Å². The summed E-state index contributed by atoms with van der Waals surface area (Å²) in [6, 6.07) is 3.11. The van der Waals surface area contributed by atoms with E-state index in [0.29, 0.717) is 16.4 Å². The molecule has 0 saturated carbocycles. The summed E-state index contributed by atoms with van der Waals surface area (Å²) in [4.78, 5) is 16.1. The molecule has 0 aliphatic rings. The van der Waals surface area contributed by atoms with Gasteiger partial charge in [0.25, 0.3) is 5.91 Å². The maximum absolute atomic E-state index is 12.0. The van der Waals surface area contributed by atoms with Gasteiger partial charge >= 0.3 is 0 Å². The van der Waals surface area contributed by atoms with E-state index in [0.717, 1.165) is 0 Å². The van der Waals surface area contributed by atoms with Gasteiger partial charge in [0.2, 0.25) is 0 Å². The molecule has 0 aliphatic carbocycles. The van der Waals surface area contributed by atoms with Gasteiger partial charge in [0.1, 0.15) is 16.5 Å². The number of nitrogens with two attached hydrogens (primary N) is 1. The van der Waals surface area contributed by atoms with Crippen LogP contribution in [0.3, 0.4) is 0 Å². The molecule has 6 nitrogen and oxygen atoms in total. The Labute approximate surface area is 119 Å². The van der Waals surface area contributed by atoms with Gasteiger partial charge in [-0.2, -0.15) is 5.10 Å². The average Bonchev–Trinajstić information content (AvgIpc) is 2.72. The lowest BCUT2D eigenvalue weighted by Gasteiger charge is -2.07. The number of thiocarbonyl (C=S) groups is 1. The van der Waals surface area contributed by atoms with Gasteiger partial charge in [-0.3, -0.25) is 9.48 Å². The molecule has 0 unspecified atom stereocenters. The van der Waals surface area contributed by atoms with E-state index in [4.69, 9.17) is 29.6 Å². The van der Waals surface area contributed by atoms with Crippen molar-refractivity contribution in [3.05, 3.63) is 40.8 Å². The maximum atomic E-state index is 12.0. The van der Waals surface area contributed by atoms with Crippen molar-refractivity contribution >= 4 is 40.5 Å². The number of carbonyl (C=O) groups is 1. The van der Waals surface area contributed by atoms with Gasteiger partial charge in [-0.15, -0.1) is 0 Å². The second-order valence-electron chi connectivity index (χ2n) is 3.71. The number of aromatic nitrogens is 3. The largest absolute Gasteiger partial charge is 0.389 e. The smallest absolute Gasteiger partial charge is 0.275 e. The number of pyridine rings is 1. The number of nitrogens with one attached hydrogen (secondary N) is 1. The summed E-state index contributed by atoms with van der Waals surface area (Å²) < 4.78 is 1.47. The van der Waals surface area contributed by atoms with Gasteiger partial charge in [-0.25, -0.2) is 4.98 Å². The Morgan fingerprint density at radius 2 is 2.21 bits per heavy atom. The Bertz CT molecular complexity index is 637. The van der Waals surface area contributed by atoms with Crippen molar-refractivity contribution in [3.63, 3.8) is 0 Å². The lowest BCUT2D eigenvalue weighted by molar-refractivity contribution is 0.102. The van der Waals surface area contributed by atoms with Crippen LogP contribution in [0.1, 0.15) is 16.1 Å². The molecule has 0 bridgehead atoms. The maximum Gasteiger partial charge on any atom is 0.275 e. The van der Waals surface area contributed by atoms with Gasteiger partial charge < -0.3 is 11.1 Å². The van der Waals surface area contributed by atoms with Gasteiger partial charge in [-0.05, 0) is 12.1 Å². The Hall–Kier alpha value is -1.99. The monoisotopic (exact) mass is 295 g/mol. The molecule has 0 saturated heterocycles. The highest BCUT2D eigenvalue weighted by Gasteiger charge is 2.15. The third-order valence-electron chi connectivity index (χ3n) is 2.40. The van der Waals surface area contributed by atoms with Crippen LogP contribution in [0.2, 0.25) is 5.02 Å². The highest BCUT2D eigenvalue weighted by atomic mass is 35.5. The Morgan fingerprint density at radius 3 is 2.79 bits per heavy atom. The summed E-state index contributed by atoms with van der Waals surface area (Å²) in [5.41, 5.74) is 6.29. The predicted molar refractivity (Wildman–Crippen MR) is 76.3 cm³/mol. The molecular weight excluding hydrogens is 286 g/mol. The number of hydrogen-bond donors (Lipinski definition) is 2. The van der Waals surface area contributed by atoms with E-state index in [9.17, 15) is 4.79 Å². The van der Waals surface area contributed by atoms with Crippen molar-refractivity contribution in [1.29, 1.82) is 0 Å². The highest BCUT2D eigenvalue weighted by molar-refractivity contribution is 7.80. The van der Waals surface area contributed by atoms with Crippen molar-refractivity contribution in [1.82, 2.24) is 14.8 Å². The number of carbonyl (C=O) groups excluding carboxylic acids is 1. The minimum absolute atomic E-state index is 0.160.